The van der Waals surface area contributed by atoms with E-state index in [2.05, 4.69) is 47.9 Å². The highest BCUT2D eigenvalue weighted by Crippen LogP contribution is 2.38. The minimum atomic E-state index is -0.171. The third-order valence-electron chi connectivity index (χ3n) is 5.53. The molecule has 3 N–H and O–H groups in total. The Morgan fingerprint density at radius 2 is 1.90 bits per heavy atom. The molecule has 21 heavy (non-hydrogen) atoms. The molecule has 0 aromatic heterocycles. The van der Waals surface area contributed by atoms with Gasteiger partial charge in [0.25, 0.3) is 0 Å². The van der Waals surface area contributed by atoms with E-state index in [1.54, 1.807) is 0 Å². The summed E-state index contributed by atoms with van der Waals surface area (Å²) in [5, 5.41) is 16.8. The SMILES string of the molecule is CC1(c2ccccc2)CCC(NCC2CNCC2O)CC1. The molecule has 0 amide bonds. The molecule has 0 bridgehead atoms. The molecule has 2 atom stereocenters. The molecule has 0 radical (unpaired) electrons. The normalized spacial score (nSPS) is 36.8. The van der Waals surface area contributed by atoms with E-state index in [9.17, 15) is 5.11 Å². The molecule has 1 aliphatic carbocycles. The van der Waals surface area contributed by atoms with Crippen LogP contribution < -0.4 is 10.6 Å². The van der Waals surface area contributed by atoms with Gasteiger partial charge in [0.2, 0.25) is 0 Å². The van der Waals surface area contributed by atoms with Gasteiger partial charge in [0.15, 0.2) is 0 Å². The number of hydrogen-bond acceptors (Lipinski definition) is 3. The summed E-state index contributed by atoms with van der Waals surface area (Å²) in [6, 6.07) is 11.6. The van der Waals surface area contributed by atoms with Gasteiger partial charge >= 0.3 is 0 Å². The van der Waals surface area contributed by atoms with Crippen molar-refractivity contribution in [2.75, 3.05) is 19.6 Å². The lowest BCUT2D eigenvalue weighted by molar-refractivity contribution is 0.141. The first-order valence-corrected chi connectivity index (χ1v) is 8.35. The van der Waals surface area contributed by atoms with Crippen molar-refractivity contribution in [2.45, 2.75) is 50.2 Å². The summed E-state index contributed by atoms with van der Waals surface area (Å²) >= 11 is 0. The molecule has 1 saturated heterocycles. The first-order valence-electron chi connectivity index (χ1n) is 8.35. The Labute approximate surface area is 128 Å². The Balaban J connectivity index is 1.49. The zero-order valence-electron chi connectivity index (χ0n) is 13.0. The topological polar surface area (TPSA) is 44.3 Å². The van der Waals surface area contributed by atoms with Crippen LogP contribution in [0, 0.1) is 5.92 Å². The molecule has 3 rings (SSSR count). The number of β-amino-alcohol motifs (C(OH)–C–C–N with tert-alkyl or cyclic N) is 1. The van der Waals surface area contributed by atoms with Crippen molar-refractivity contribution in [3.05, 3.63) is 35.9 Å². The Morgan fingerprint density at radius 3 is 2.52 bits per heavy atom. The fourth-order valence-electron chi connectivity index (χ4n) is 3.83. The fraction of sp³-hybridized carbons (Fsp3) is 0.667. The molecule has 3 heteroatoms. The van der Waals surface area contributed by atoms with Crippen molar-refractivity contribution < 1.29 is 5.11 Å². The lowest BCUT2D eigenvalue weighted by Gasteiger charge is -2.38. The number of nitrogens with one attached hydrogen (secondary N) is 2. The first-order chi connectivity index (χ1) is 10.2. The molecule has 2 fully saturated rings. The average Bonchev–Trinajstić information content (AvgIpc) is 2.93. The van der Waals surface area contributed by atoms with E-state index in [1.807, 2.05) is 0 Å². The van der Waals surface area contributed by atoms with Gasteiger partial charge in [-0.05, 0) is 36.7 Å². The highest BCUT2D eigenvalue weighted by atomic mass is 16.3. The minimum Gasteiger partial charge on any atom is -0.391 e. The number of aliphatic hydroxyl groups is 1. The van der Waals surface area contributed by atoms with Gasteiger partial charge in [0, 0.05) is 31.6 Å². The van der Waals surface area contributed by atoms with Gasteiger partial charge in [-0.15, -0.1) is 0 Å². The second-order valence-electron chi connectivity index (χ2n) is 7.09. The van der Waals surface area contributed by atoms with Crippen LogP contribution in [0.2, 0.25) is 0 Å². The van der Waals surface area contributed by atoms with Crippen LogP contribution in [0.3, 0.4) is 0 Å². The maximum Gasteiger partial charge on any atom is 0.0716 e. The average molecular weight is 288 g/mol. The third kappa shape index (κ3) is 3.47. The number of benzene rings is 1. The van der Waals surface area contributed by atoms with E-state index in [0.29, 0.717) is 17.4 Å². The number of aliphatic hydroxyl groups excluding tert-OH is 1. The third-order valence-corrected chi connectivity index (χ3v) is 5.53. The molecule has 2 aliphatic rings. The predicted molar refractivity (Wildman–Crippen MR) is 86.4 cm³/mol. The molecule has 0 spiro atoms. The van der Waals surface area contributed by atoms with Crippen LogP contribution in [0.4, 0.5) is 0 Å². The van der Waals surface area contributed by atoms with Crippen LogP contribution in [0.1, 0.15) is 38.2 Å². The van der Waals surface area contributed by atoms with Crippen molar-refractivity contribution >= 4 is 0 Å². The molecule has 2 unspecified atom stereocenters. The highest BCUT2D eigenvalue weighted by Gasteiger charge is 2.33. The summed E-state index contributed by atoms with van der Waals surface area (Å²) in [4.78, 5) is 0. The van der Waals surface area contributed by atoms with Crippen LogP contribution in [-0.4, -0.2) is 36.9 Å². The van der Waals surface area contributed by atoms with Crippen LogP contribution in [-0.2, 0) is 5.41 Å². The van der Waals surface area contributed by atoms with Gasteiger partial charge in [0.05, 0.1) is 6.10 Å². The molecule has 116 valence electrons. The largest absolute Gasteiger partial charge is 0.391 e. The summed E-state index contributed by atoms with van der Waals surface area (Å²) in [5.41, 5.74) is 1.83. The van der Waals surface area contributed by atoms with E-state index < -0.39 is 0 Å². The Morgan fingerprint density at radius 1 is 1.19 bits per heavy atom. The summed E-state index contributed by atoms with van der Waals surface area (Å²) in [5.74, 6) is 0.382. The zero-order chi connectivity index (χ0) is 14.7. The monoisotopic (exact) mass is 288 g/mol. The predicted octanol–water partition coefficient (Wildman–Crippen LogP) is 2.06. The zero-order valence-corrected chi connectivity index (χ0v) is 13.0. The van der Waals surface area contributed by atoms with Crippen molar-refractivity contribution in [3.8, 4) is 0 Å². The molecule has 1 aromatic rings. The molecule has 1 aromatic carbocycles. The molecule has 1 aliphatic heterocycles. The highest BCUT2D eigenvalue weighted by molar-refractivity contribution is 5.25. The van der Waals surface area contributed by atoms with Crippen molar-refractivity contribution in [2.24, 2.45) is 5.92 Å². The van der Waals surface area contributed by atoms with E-state index in [0.717, 1.165) is 19.6 Å². The maximum atomic E-state index is 9.85. The van der Waals surface area contributed by atoms with Crippen molar-refractivity contribution in [1.82, 2.24) is 10.6 Å². The van der Waals surface area contributed by atoms with E-state index in [-0.39, 0.29) is 6.10 Å². The lowest BCUT2D eigenvalue weighted by atomic mass is 9.69. The second-order valence-corrected chi connectivity index (χ2v) is 7.09. The summed E-state index contributed by atoms with van der Waals surface area (Å²) in [6.45, 7) is 5.05. The van der Waals surface area contributed by atoms with Gasteiger partial charge < -0.3 is 15.7 Å². The standard InChI is InChI=1S/C18H28N2O/c1-18(15-5-3-2-4-6-15)9-7-16(8-10-18)20-12-14-11-19-13-17(14)21/h2-6,14,16-17,19-21H,7-13H2,1H3. The van der Waals surface area contributed by atoms with Crippen molar-refractivity contribution in [1.29, 1.82) is 0 Å². The summed E-state index contributed by atoms with van der Waals surface area (Å²) < 4.78 is 0. The summed E-state index contributed by atoms with van der Waals surface area (Å²) in [6.07, 6.45) is 4.81. The van der Waals surface area contributed by atoms with E-state index in [4.69, 9.17) is 0 Å². The minimum absolute atomic E-state index is 0.171. The maximum absolute atomic E-state index is 9.85. The number of hydrogen-bond donors (Lipinski definition) is 3. The van der Waals surface area contributed by atoms with Crippen LogP contribution >= 0.6 is 0 Å². The first kappa shape index (κ1) is 15.0. The summed E-state index contributed by atoms with van der Waals surface area (Å²) in [7, 11) is 0. The van der Waals surface area contributed by atoms with Crippen LogP contribution in [0.15, 0.2) is 30.3 Å². The van der Waals surface area contributed by atoms with Gasteiger partial charge in [-0.2, -0.15) is 0 Å². The quantitative estimate of drug-likeness (QED) is 0.794. The van der Waals surface area contributed by atoms with Gasteiger partial charge in [-0.1, -0.05) is 37.3 Å². The Bertz CT molecular complexity index is 440. The second kappa shape index (κ2) is 6.47. The van der Waals surface area contributed by atoms with E-state index in [1.165, 1.54) is 31.2 Å². The number of rotatable bonds is 4. The van der Waals surface area contributed by atoms with E-state index >= 15 is 0 Å². The molecular formula is C18H28N2O. The lowest BCUT2D eigenvalue weighted by Crippen LogP contribution is -2.42. The van der Waals surface area contributed by atoms with Crippen molar-refractivity contribution in [3.63, 3.8) is 0 Å². The fourth-order valence-corrected chi connectivity index (χ4v) is 3.83. The van der Waals surface area contributed by atoms with Gasteiger partial charge in [-0.25, -0.2) is 0 Å². The Hall–Kier alpha value is -0.900. The molecular weight excluding hydrogens is 260 g/mol. The van der Waals surface area contributed by atoms with Gasteiger partial charge in [0.1, 0.15) is 0 Å². The Kier molecular flexibility index (Phi) is 4.63. The van der Waals surface area contributed by atoms with Gasteiger partial charge in [-0.3, -0.25) is 0 Å². The molecule has 1 heterocycles. The smallest absolute Gasteiger partial charge is 0.0716 e. The molecule has 3 nitrogen and oxygen atoms in total. The van der Waals surface area contributed by atoms with Crippen LogP contribution in [0.25, 0.3) is 0 Å². The molecule has 1 saturated carbocycles. The van der Waals surface area contributed by atoms with Crippen LogP contribution in [0.5, 0.6) is 0 Å².